The molecule has 1 aliphatic rings. The molecule has 24 heavy (non-hydrogen) atoms. The number of para-hydroxylation sites is 1. The molecule has 1 N–H and O–H groups in total. The normalized spacial score (nSPS) is 15.4. The van der Waals surface area contributed by atoms with Crippen LogP contribution in [-0.4, -0.2) is 24.9 Å². The number of nitrogens with one attached hydrogen (secondary N) is 1. The van der Waals surface area contributed by atoms with Crippen LogP contribution in [0.5, 0.6) is 0 Å². The van der Waals surface area contributed by atoms with E-state index in [1.807, 2.05) is 4.90 Å². The highest BCUT2D eigenvalue weighted by Gasteiger charge is 2.24. The maximum Gasteiger partial charge on any atom is 0.164 e. The Morgan fingerprint density at radius 3 is 2.38 bits per heavy atom. The summed E-state index contributed by atoms with van der Waals surface area (Å²) in [6.07, 6.45) is 1.59. The van der Waals surface area contributed by atoms with Crippen LogP contribution >= 0.6 is 0 Å². The van der Waals surface area contributed by atoms with Gasteiger partial charge in [0.2, 0.25) is 0 Å². The van der Waals surface area contributed by atoms with E-state index in [2.05, 4.69) is 5.32 Å². The molecule has 0 spiro atoms. The van der Waals surface area contributed by atoms with Gasteiger partial charge in [0.15, 0.2) is 5.78 Å². The van der Waals surface area contributed by atoms with Gasteiger partial charge >= 0.3 is 0 Å². The van der Waals surface area contributed by atoms with Gasteiger partial charge in [0.05, 0.1) is 16.9 Å². The SMILES string of the molecule is CC(=O)c1c(F)cccc1N1CCC(Nc2ccccc2F)CC1. The van der Waals surface area contributed by atoms with Crippen molar-refractivity contribution in [1.82, 2.24) is 0 Å². The van der Waals surface area contributed by atoms with E-state index in [1.165, 1.54) is 19.1 Å². The van der Waals surface area contributed by atoms with Crippen molar-refractivity contribution in [2.45, 2.75) is 25.8 Å². The zero-order chi connectivity index (χ0) is 17.1. The monoisotopic (exact) mass is 330 g/mol. The van der Waals surface area contributed by atoms with Gasteiger partial charge in [0.1, 0.15) is 11.6 Å². The van der Waals surface area contributed by atoms with Crippen LogP contribution in [0.4, 0.5) is 20.2 Å². The van der Waals surface area contributed by atoms with Gasteiger partial charge in [0.25, 0.3) is 0 Å². The predicted molar refractivity (Wildman–Crippen MR) is 91.7 cm³/mol. The molecule has 1 heterocycles. The highest BCUT2D eigenvalue weighted by atomic mass is 19.1. The number of halogens is 2. The topological polar surface area (TPSA) is 32.3 Å². The molecule has 126 valence electrons. The number of Topliss-reactive ketones (excluding diaryl/α,β-unsaturated/α-hetero) is 1. The molecule has 2 aromatic rings. The Morgan fingerprint density at radius 2 is 1.71 bits per heavy atom. The Kier molecular flexibility index (Phi) is 4.79. The van der Waals surface area contributed by atoms with E-state index in [9.17, 15) is 13.6 Å². The number of ketones is 1. The van der Waals surface area contributed by atoms with E-state index in [4.69, 9.17) is 0 Å². The lowest BCUT2D eigenvalue weighted by Crippen LogP contribution is -2.40. The molecule has 3 nitrogen and oxygen atoms in total. The average molecular weight is 330 g/mol. The smallest absolute Gasteiger partial charge is 0.164 e. The number of hydrogen-bond donors (Lipinski definition) is 1. The zero-order valence-electron chi connectivity index (χ0n) is 13.6. The van der Waals surface area contributed by atoms with Gasteiger partial charge < -0.3 is 10.2 Å². The van der Waals surface area contributed by atoms with Crippen molar-refractivity contribution in [3.05, 3.63) is 59.7 Å². The second kappa shape index (κ2) is 6.99. The standard InChI is InChI=1S/C19H20F2N2O/c1-13(24)19-16(21)6-4-8-18(19)23-11-9-14(10-12-23)22-17-7-3-2-5-15(17)20/h2-8,14,22H,9-12H2,1H3. The Morgan fingerprint density at radius 1 is 1.04 bits per heavy atom. The summed E-state index contributed by atoms with van der Waals surface area (Å²) in [7, 11) is 0. The molecular formula is C19H20F2N2O. The van der Waals surface area contributed by atoms with Crippen molar-refractivity contribution < 1.29 is 13.6 Å². The molecular weight excluding hydrogens is 310 g/mol. The Balaban J connectivity index is 1.69. The van der Waals surface area contributed by atoms with Crippen molar-refractivity contribution in [3.8, 4) is 0 Å². The molecule has 0 saturated carbocycles. The third kappa shape index (κ3) is 3.40. The molecule has 0 aromatic heterocycles. The fourth-order valence-electron chi connectivity index (χ4n) is 3.19. The maximum absolute atomic E-state index is 14.0. The number of piperidine rings is 1. The lowest BCUT2D eigenvalue weighted by molar-refractivity contribution is 0.101. The van der Waals surface area contributed by atoms with Crippen LogP contribution in [0.25, 0.3) is 0 Å². The lowest BCUT2D eigenvalue weighted by Gasteiger charge is -2.35. The third-order valence-corrected chi connectivity index (χ3v) is 4.41. The molecule has 0 unspecified atom stereocenters. The largest absolute Gasteiger partial charge is 0.380 e. The predicted octanol–water partition coefficient (Wildman–Crippen LogP) is 4.25. The summed E-state index contributed by atoms with van der Waals surface area (Å²) < 4.78 is 27.7. The first-order chi connectivity index (χ1) is 11.6. The van der Waals surface area contributed by atoms with Crippen LogP contribution in [0.15, 0.2) is 42.5 Å². The van der Waals surface area contributed by atoms with Gasteiger partial charge in [0, 0.05) is 19.1 Å². The first kappa shape index (κ1) is 16.4. The Hall–Kier alpha value is -2.43. The van der Waals surface area contributed by atoms with E-state index in [0.29, 0.717) is 24.5 Å². The van der Waals surface area contributed by atoms with E-state index in [1.54, 1.807) is 30.3 Å². The number of benzene rings is 2. The molecule has 0 atom stereocenters. The Labute approximate surface area is 140 Å². The number of anilines is 2. The number of hydrogen-bond acceptors (Lipinski definition) is 3. The summed E-state index contributed by atoms with van der Waals surface area (Å²) in [5, 5.41) is 3.23. The van der Waals surface area contributed by atoms with E-state index in [-0.39, 0.29) is 23.2 Å². The lowest BCUT2D eigenvalue weighted by atomic mass is 10.0. The third-order valence-electron chi connectivity index (χ3n) is 4.41. The van der Waals surface area contributed by atoms with Crippen molar-refractivity contribution >= 4 is 17.2 Å². The molecule has 3 rings (SSSR count). The van der Waals surface area contributed by atoms with Crippen LogP contribution < -0.4 is 10.2 Å². The van der Waals surface area contributed by atoms with Gasteiger partial charge in [-0.3, -0.25) is 4.79 Å². The quantitative estimate of drug-likeness (QED) is 0.851. The van der Waals surface area contributed by atoms with Crippen molar-refractivity contribution in [2.24, 2.45) is 0 Å². The fraction of sp³-hybridized carbons (Fsp3) is 0.316. The summed E-state index contributed by atoms with van der Waals surface area (Å²) in [6.45, 7) is 2.76. The molecule has 0 aliphatic carbocycles. The molecule has 1 fully saturated rings. The van der Waals surface area contributed by atoms with Crippen molar-refractivity contribution in [2.75, 3.05) is 23.3 Å². The summed E-state index contributed by atoms with van der Waals surface area (Å²) in [6, 6.07) is 11.5. The van der Waals surface area contributed by atoms with Crippen molar-refractivity contribution in [3.63, 3.8) is 0 Å². The molecule has 2 aromatic carbocycles. The number of carbonyl (C=O) groups excluding carboxylic acids is 1. The highest BCUT2D eigenvalue weighted by Crippen LogP contribution is 2.28. The van der Waals surface area contributed by atoms with Gasteiger partial charge in [-0.05, 0) is 44.0 Å². The molecule has 1 saturated heterocycles. The maximum atomic E-state index is 14.0. The van der Waals surface area contributed by atoms with Crippen LogP contribution in [-0.2, 0) is 0 Å². The van der Waals surface area contributed by atoms with Crippen LogP contribution in [0.1, 0.15) is 30.1 Å². The number of rotatable bonds is 4. The summed E-state index contributed by atoms with van der Waals surface area (Å²) in [5.41, 5.74) is 1.30. The van der Waals surface area contributed by atoms with Gasteiger partial charge in [-0.15, -0.1) is 0 Å². The first-order valence-corrected chi connectivity index (χ1v) is 8.11. The summed E-state index contributed by atoms with van der Waals surface area (Å²) >= 11 is 0. The summed E-state index contributed by atoms with van der Waals surface area (Å²) in [4.78, 5) is 13.8. The van der Waals surface area contributed by atoms with E-state index in [0.717, 1.165) is 12.8 Å². The van der Waals surface area contributed by atoms with Crippen LogP contribution in [0.2, 0.25) is 0 Å². The van der Waals surface area contributed by atoms with Gasteiger partial charge in [-0.2, -0.15) is 0 Å². The Bertz CT molecular complexity index is 740. The van der Waals surface area contributed by atoms with E-state index < -0.39 is 5.82 Å². The molecule has 0 bridgehead atoms. The van der Waals surface area contributed by atoms with Gasteiger partial charge in [-0.25, -0.2) is 8.78 Å². The van der Waals surface area contributed by atoms with E-state index >= 15 is 0 Å². The molecule has 0 amide bonds. The molecule has 0 radical (unpaired) electrons. The number of nitrogens with zero attached hydrogens (tertiary/aromatic N) is 1. The second-order valence-electron chi connectivity index (χ2n) is 6.08. The van der Waals surface area contributed by atoms with Crippen LogP contribution in [0.3, 0.4) is 0 Å². The minimum Gasteiger partial charge on any atom is -0.380 e. The minimum atomic E-state index is -0.480. The zero-order valence-corrected chi connectivity index (χ0v) is 13.6. The summed E-state index contributed by atoms with van der Waals surface area (Å²) in [5.74, 6) is -1.01. The molecule has 5 heteroatoms. The second-order valence-corrected chi connectivity index (χ2v) is 6.08. The fourth-order valence-corrected chi connectivity index (χ4v) is 3.19. The highest BCUT2D eigenvalue weighted by molar-refractivity contribution is 6.00. The minimum absolute atomic E-state index is 0.151. The van der Waals surface area contributed by atoms with Crippen LogP contribution in [0, 0.1) is 11.6 Å². The molecule has 1 aliphatic heterocycles. The average Bonchev–Trinajstić information content (AvgIpc) is 2.57. The van der Waals surface area contributed by atoms with Gasteiger partial charge in [-0.1, -0.05) is 18.2 Å². The number of carbonyl (C=O) groups is 1. The first-order valence-electron chi connectivity index (χ1n) is 8.11. The van der Waals surface area contributed by atoms with Crippen molar-refractivity contribution in [1.29, 1.82) is 0 Å².